The zero-order valence-electron chi connectivity index (χ0n) is 17.1. The lowest BCUT2D eigenvalue weighted by atomic mass is 10.1. The number of nitrogens with one attached hydrogen (secondary N) is 1. The molecule has 162 valence electrons. The Labute approximate surface area is 203 Å². The molecule has 33 heavy (non-hydrogen) atoms. The number of fused-ring (bicyclic) bond motifs is 1. The second-order valence-corrected chi connectivity index (χ2v) is 9.03. The average Bonchev–Trinajstić information content (AvgIpc) is 3.42. The van der Waals surface area contributed by atoms with E-state index in [1.54, 1.807) is 10.9 Å². The highest BCUT2D eigenvalue weighted by molar-refractivity contribution is 7.21. The lowest BCUT2D eigenvalue weighted by molar-refractivity contribution is 0.0959. The van der Waals surface area contributed by atoms with Crippen LogP contribution in [0.3, 0.4) is 0 Å². The van der Waals surface area contributed by atoms with E-state index < -0.39 is 0 Å². The zero-order valence-corrected chi connectivity index (χ0v) is 19.4. The standard InChI is InChI=1S/C25H16Cl2N4OS/c26-18-12-10-16(11-13-18)23-17(15-31(30-23)19-6-2-1-3-7-19)14-28-29-25(32)24-22(27)20-8-4-5-9-21(20)33-24/h1-15H,(H,29,32). The van der Waals surface area contributed by atoms with Gasteiger partial charge in [0.25, 0.3) is 5.91 Å². The van der Waals surface area contributed by atoms with Crippen molar-refractivity contribution in [2.75, 3.05) is 0 Å². The lowest BCUT2D eigenvalue weighted by Gasteiger charge is -2.01. The molecular weight excluding hydrogens is 475 g/mol. The van der Waals surface area contributed by atoms with Crippen LogP contribution in [0.25, 0.3) is 27.0 Å². The number of hydrogen-bond acceptors (Lipinski definition) is 4. The molecule has 8 heteroatoms. The summed E-state index contributed by atoms with van der Waals surface area (Å²) in [6.07, 6.45) is 3.44. The maximum absolute atomic E-state index is 12.7. The first-order chi connectivity index (χ1) is 16.1. The number of hydrogen-bond donors (Lipinski definition) is 1. The maximum atomic E-state index is 12.7. The van der Waals surface area contributed by atoms with Crippen molar-refractivity contribution >= 4 is 56.7 Å². The Morgan fingerprint density at radius 1 is 0.970 bits per heavy atom. The second kappa shape index (κ2) is 9.19. The van der Waals surface area contributed by atoms with Crippen molar-refractivity contribution in [2.24, 2.45) is 5.10 Å². The first-order valence-electron chi connectivity index (χ1n) is 10.0. The molecule has 0 spiro atoms. The molecule has 0 aliphatic rings. The van der Waals surface area contributed by atoms with Gasteiger partial charge >= 0.3 is 0 Å². The van der Waals surface area contributed by atoms with Crippen molar-refractivity contribution in [2.45, 2.75) is 0 Å². The van der Waals surface area contributed by atoms with Gasteiger partial charge in [0.15, 0.2) is 0 Å². The smallest absolute Gasteiger partial charge is 0.266 e. The molecule has 0 aliphatic carbocycles. The number of aromatic nitrogens is 2. The minimum atomic E-state index is -0.360. The normalized spacial score (nSPS) is 11.3. The van der Waals surface area contributed by atoms with Crippen LogP contribution in [-0.4, -0.2) is 21.9 Å². The zero-order chi connectivity index (χ0) is 22.8. The summed E-state index contributed by atoms with van der Waals surface area (Å²) >= 11 is 13.8. The van der Waals surface area contributed by atoms with Gasteiger partial charge in [0.2, 0.25) is 0 Å². The van der Waals surface area contributed by atoms with Crippen molar-refractivity contribution in [3.05, 3.63) is 106 Å². The first-order valence-corrected chi connectivity index (χ1v) is 11.6. The fourth-order valence-corrected chi connectivity index (χ4v) is 4.93. The molecule has 2 aromatic heterocycles. The highest BCUT2D eigenvalue weighted by Crippen LogP contribution is 2.35. The van der Waals surface area contributed by atoms with Crippen LogP contribution in [0.15, 0.2) is 90.2 Å². The SMILES string of the molecule is O=C(NN=Cc1cn(-c2ccccc2)nc1-c1ccc(Cl)cc1)c1sc2ccccc2c1Cl. The molecule has 0 bridgehead atoms. The molecule has 0 saturated heterocycles. The van der Waals surface area contributed by atoms with Crippen LogP contribution in [0, 0.1) is 0 Å². The van der Waals surface area contributed by atoms with Gasteiger partial charge in [-0.1, -0.05) is 71.7 Å². The van der Waals surface area contributed by atoms with Crippen molar-refractivity contribution < 1.29 is 4.79 Å². The number of nitrogens with zero attached hydrogens (tertiary/aromatic N) is 3. The summed E-state index contributed by atoms with van der Waals surface area (Å²) in [7, 11) is 0. The summed E-state index contributed by atoms with van der Waals surface area (Å²) in [5.74, 6) is -0.360. The third kappa shape index (κ3) is 4.41. The molecular formula is C25H16Cl2N4OS. The predicted octanol–water partition coefficient (Wildman–Crippen LogP) is 6.82. The third-order valence-corrected chi connectivity index (χ3v) is 6.92. The summed E-state index contributed by atoms with van der Waals surface area (Å²) < 4.78 is 2.72. The summed E-state index contributed by atoms with van der Waals surface area (Å²) in [5.41, 5.74) is 5.83. The molecule has 5 rings (SSSR count). The monoisotopic (exact) mass is 490 g/mol. The van der Waals surface area contributed by atoms with Crippen molar-refractivity contribution in [3.8, 4) is 16.9 Å². The van der Waals surface area contributed by atoms with Gasteiger partial charge < -0.3 is 0 Å². The second-order valence-electron chi connectivity index (χ2n) is 7.16. The van der Waals surface area contributed by atoms with Crippen molar-refractivity contribution in [1.82, 2.24) is 15.2 Å². The lowest BCUT2D eigenvalue weighted by Crippen LogP contribution is -2.16. The van der Waals surface area contributed by atoms with E-state index in [0.717, 1.165) is 26.9 Å². The molecule has 0 saturated carbocycles. The van der Waals surface area contributed by atoms with E-state index >= 15 is 0 Å². The van der Waals surface area contributed by atoms with Crippen LogP contribution in [0.2, 0.25) is 10.0 Å². The fourth-order valence-electron chi connectivity index (χ4n) is 3.40. The summed E-state index contributed by atoms with van der Waals surface area (Å²) in [5, 5.41) is 10.8. The molecule has 5 aromatic rings. The van der Waals surface area contributed by atoms with E-state index in [0.29, 0.717) is 20.6 Å². The molecule has 1 amide bonds. The Bertz CT molecular complexity index is 1470. The van der Waals surface area contributed by atoms with Gasteiger partial charge in [0.05, 0.1) is 16.9 Å². The van der Waals surface area contributed by atoms with Crippen LogP contribution in [0.4, 0.5) is 0 Å². The Morgan fingerprint density at radius 3 is 2.45 bits per heavy atom. The highest BCUT2D eigenvalue weighted by Gasteiger charge is 2.17. The Morgan fingerprint density at radius 2 is 1.70 bits per heavy atom. The number of hydrazone groups is 1. The molecule has 0 atom stereocenters. The first kappa shape index (κ1) is 21.4. The molecule has 0 fully saturated rings. The van der Waals surface area contributed by atoms with Gasteiger partial charge in [0.1, 0.15) is 10.6 Å². The number of benzene rings is 3. The number of halogens is 2. The van der Waals surface area contributed by atoms with E-state index in [9.17, 15) is 4.79 Å². The minimum Gasteiger partial charge on any atom is -0.266 e. The molecule has 2 heterocycles. The van der Waals surface area contributed by atoms with Crippen molar-refractivity contribution in [1.29, 1.82) is 0 Å². The van der Waals surface area contributed by atoms with Crippen LogP contribution in [0.5, 0.6) is 0 Å². The molecule has 3 aromatic carbocycles. The topological polar surface area (TPSA) is 59.3 Å². The largest absolute Gasteiger partial charge is 0.283 e. The molecule has 0 unspecified atom stereocenters. The van der Waals surface area contributed by atoms with E-state index in [1.807, 2.05) is 85.1 Å². The maximum Gasteiger partial charge on any atom is 0.283 e. The van der Waals surface area contributed by atoms with Crippen molar-refractivity contribution in [3.63, 3.8) is 0 Å². The van der Waals surface area contributed by atoms with Crippen LogP contribution >= 0.6 is 34.5 Å². The number of carbonyl (C=O) groups excluding carboxylic acids is 1. The van der Waals surface area contributed by atoms with Crippen LogP contribution < -0.4 is 5.43 Å². The fraction of sp³-hybridized carbons (Fsp3) is 0. The van der Waals surface area contributed by atoms with Gasteiger partial charge in [-0.3, -0.25) is 4.79 Å². The number of thiophene rings is 1. The third-order valence-electron chi connectivity index (χ3n) is 4.99. The van der Waals surface area contributed by atoms with Gasteiger partial charge in [-0.25, -0.2) is 10.1 Å². The van der Waals surface area contributed by atoms with E-state index in [2.05, 4.69) is 10.5 Å². The summed E-state index contributed by atoms with van der Waals surface area (Å²) in [4.78, 5) is 13.1. The van der Waals surface area contributed by atoms with Gasteiger partial charge in [-0.2, -0.15) is 10.2 Å². The molecule has 1 N–H and O–H groups in total. The molecule has 0 aliphatic heterocycles. The number of carbonyl (C=O) groups is 1. The van der Waals surface area contributed by atoms with E-state index in [-0.39, 0.29) is 5.91 Å². The van der Waals surface area contributed by atoms with Crippen LogP contribution in [-0.2, 0) is 0 Å². The molecule has 5 nitrogen and oxygen atoms in total. The predicted molar refractivity (Wildman–Crippen MR) is 136 cm³/mol. The number of rotatable bonds is 5. The van der Waals surface area contributed by atoms with Gasteiger partial charge in [0, 0.05) is 32.4 Å². The van der Waals surface area contributed by atoms with E-state index in [4.69, 9.17) is 28.3 Å². The Hall–Kier alpha value is -3.45. The quantitative estimate of drug-likeness (QED) is 0.217. The van der Waals surface area contributed by atoms with E-state index in [1.165, 1.54) is 11.3 Å². The Balaban J connectivity index is 1.45. The number of amides is 1. The summed E-state index contributed by atoms with van der Waals surface area (Å²) in [6, 6.07) is 24.8. The van der Waals surface area contributed by atoms with Crippen LogP contribution in [0.1, 0.15) is 15.2 Å². The minimum absolute atomic E-state index is 0.360. The number of para-hydroxylation sites is 1. The highest BCUT2D eigenvalue weighted by atomic mass is 35.5. The average molecular weight is 491 g/mol. The van der Waals surface area contributed by atoms with Gasteiger partial charge in [-0.05, 0) is 30.3 Å². The molecule has 0 radical (unpaired) electrons. The Kier molecular flexibility index (Phi) is 5.96. The van der Waals surface area contributed by atoms with Gasteiger partial charge in [-0.15, -0.1) is 11.3 Å². The summed E-state index contributed by atoms with van der Waals surface area (Å²) in [6.45, 7) is 0.